The molecule has 1 heterocycles. The maximum absolute atomic E-state index is 13.2. The van der Waals surface area contributed by atoms with E-state index in [0.29, 0.717) is 24.4 Å². The highest BCUT2D eigenvalue weighted by molar-refractivity contribution is 5.82. The first kappa shape index (κ1) is 22.1. The smallest absolute Gasteiger partial charge is 0.318 e. The van der Waals surface area contributed by atoms with E-state index in [0.717, 1.165) is 27.6 Å². The van der Waals surface area contributed by atoms with Crippen LogP contribution in [0.1, 0.15) is 22.3 Å². The van der Waals surface area contributed by atoms with Gasteiger partial charge >= 0.3 is 6.03 Å². The number of ether oxygens (including phenoxy) is 1. The molecule has 0 saturated heterocycles. The molecule has 2 N–H and O–H groups in total. The topological polar surface area (TPSA) is 74.4 Å². The predicted octanol–water partition coefficient (Wildman–Crippen LogP) is 4.76. The molecule has 6 heteroatoms. The number of amides is 2. The Morgan fingerprint density at radius 3 is 2.45 bits per heavy atom. The number of nitrogens with one attached hydrogen (secondary N) is 2. The Hall–Kier alpha value is -4.06. The summed E-state index contributed by atoms with van der Waals surface area (Å²) in [6, 6.07) is 24.8. The zero-order valence-electron chi connectivity index (χ0n) is 18.8. The summed E-state index contributed by atoms with van der Waals surface area (Å²) in [7, 11) is 1.61. The third kappa shape index (κ3) is 5.23. The summed E-state index contributed by atoms with van der Waals surface area (Å²) in [6.07, 6.45) is 0. The fourth-order valence-corrected chi connectivity index (χ4v) is 3.88. The number of carbonyl (C=O) groups is 1. The van der Waals surface area contributed by atoms with Crippen molar-refractivity contribution < 1.29 is 9.53 Å². The molecule has 1 aromatic heterocycles. The molecule has 0 aliphatic carbocycles. The number of para-hydroxylation sites is 2. The van der Waals surface area contributed by atoms with Gasteiger partial charge in [-0.2, -0.15) is 0 Å². The van der Waals surface area contributed by atoms with Gasteiger partial charge in [0, 0.05) is 17.7 Å². The Morgan fingerprint density at radius 2 is 1.67 bits per heavy atom. The van der Waals surface area contributed by atoms with E-state index in [1.807, 2.05) is 85.8 Å². The maximum Gasteiger partial charge on any atom is 0.318 e. The third-order valence-electron chi connectivity index (χ3n) is 5.65. The van der Waals surface area contributed by atoms with E-state index in [1.165, 1.54) is 0 Å². The summed E-state index contributed by atoms with van der Waals surface area (Å²) >= 11 is 0. The first-order valence-corrected chi connectivity index (χ1v) is 10.9. The lowest BCUT2D eigenvalue weighted by Gasteiger charge is -2.24. The largest absolute Gasteiger partial charge is 0.496 e. The fraction of sp³-hybridized carbons (Fsp3) is 0.185. The summed E-state index contributed by atoms with van der Waals surface area (Å²) in [6.45, 7) is 2.83. The molecule has 3 aromatic carbocycles. The number of hydrogen-bond acceptors (Lipinski definition) is 3. The molecule has 2 amide bonds. The van der Waals surface area contributed by atoms with Gasteiger partial charge in [-0.15, -0.1) is 0 Å². The first-order valence-electron chi connectivity index (χ1n) is 10.9. The Balaban J connectivity index is 1.63. The highest BCUT2D eigenvalue weighted by Gasteiger charge is 2.18. The standard InChI is InChI=1S/C27H27N3O3/c1-19-9-8-13-21-15-23(26(31)29-25(19)21)18-30(17-22-12-6-7-14-24(22)33-2)27(32)28-16-20-10-4-3-5-11-20/h3-15H,16-18H2,1-2H3,(H,28,32)(H,29,31). The van der Waals surface area contributed by atoms with Crippen LogP contribution < -0.4 is 15.6 Å². The lowest BCUT2D eigenvalue weighted by molar-refractivity contribution is 0.191. The van der Waals surface area contributed by atoms with Crippen LogP contribution in [-0.2, 0) is 19.6 Å². The van der Waals surface area contributed by atoms with Crippen LogP contribution in [-0.4, -0.2) is 23.0 Å². The average molecular weight is 442 g/mol. The van der Waals surface area contributed by atoms with Crippen molar-refractivity contribution in [1.82, 2.24) is 15.2 Å². The van der Waals surface area contributed by atoms with Crippen molar-refractivity contribution in [2.75, 3.05) is 7.11 Å². The molecule has 0 fully saturated rings. The second-order valence-corrected chi connectivity index (χ2v) is 7.98. The van der Waals surface area contributed by atoms with Gasteiger partial charge in [0.05, 0.1) is 25.7 Å². The van der Waals surface area contributed by atoms with E-state index in [2.05, 4.69) is 10.3 Å². The summed E-state index contributed by atoms with van der Waals surface area (Å²) < 4.78 is 5.47. The maximum atomic E-state index is 13.2. The van der Waals surface area contributed by atoms with Crippen molar-refractivity contribution in [1.29, 1.82) is 0 Å². The molecule has 4 rings (SSSR count). The van der Waals surface area contributed by atoms with E-state index in [9.17, 15) is 9.59 Å². The van der Waals surface area contributed by atoms with Gasteiger partial charge in [-0.25, -0.2) is 4.79 Å². The van der Waals surface area contributed by atoms with Crippen molar-refractivity contribution >= 4 is 16.9 Å². The van der Waals surface area contributed by atoms with Gasteiger partial charge < -0.3 is 19.9 Å². The minimum absolute atomic E-state index is 0.165. The molecule has 0 bridgehead atoms. The normalized spacial score (nSPS) is 10.7. The van der Waals surface area contributed by atoms with Gasteiger partial charge in [-0.3, -0.25) is 4.79 Å². The van der Waals surface area contributed by atoms with Crippen molar-refractivity contribution in [2.45, 2.75) is 26.6 Å². The molecule has 0 unspecified atom stereocenters. The quantitative estimate of drug-likeness (QED) is 0.434. The highest BCUT2D eigenvalue weighted by Crippen LogP contribution is 2.21. The monoisotopic (exact) mass is 441 g/mol. The number of hydrogen-bond donors (Lipinski definition) is 2. The molecule has 0 radical (unpaired) electrons. The number of aromatic amines is 1. The predicted molar refractivity (Wildman–Crippen MR) is 130 cm³/mol. The van der Waals surface area contributed by atoms with E-state index in [1.54, 1.807) is 12.0 Å². The summed E-state index contributed by atoms with van der Waals surface area (Å²) in [5, 5.41) is 3.91. The number of benzene rings is 3. The summed E-state index contributed by atoms with van der Waals surface area (Å²) in [4.78, 5) is 30.7. The van der Waals surface area contributed by atoms with Crippen LogP contribution in [0.5, 0.6) is 5.75 Å². The number of aryl methyl sites for hydroxylation is 1. The van der Waals surface area contributed by atoms with Gasteiger partial charge in [0.2, 0.25) is 0 Å². The molecule has 0 atom stereocenters. The third-order valence-corrected chi connectivity index (χ3v) is 5.65. The van der Waals surface area contributed by atoms with Gasteiger partial charge in [-0.1, -0.05) is 66.7 Å². The molecule has 0 aliphatic heterocycles. The first-order chi connectivity index (χ1) is 16.0. The number of urea groups is 1. The Morgan fingerprint density at radius 1 is 0.939 bits per heavy atom. The zero-order valence-corrected chi connectivity index (χ0v) is 18.8. The number of nitrogens with zero attached hydrogens (tertiary/aromatic N) is 1. The van der Waals surface area contributed by atoms with Gasteiger partial charge in [0.25, 0.3) is 5.56 Å². The van der Waals surface area contributed by atoms with Crippen LogP contribution in [0.25, 0.3) is 10.9 Å². The summed E-state index contributed by atoms with van der Waals surface area (Å²) in [5.41, 5.74) is 4.01. The van der Waals surface area contributed by atoms with Gasteiger partial charge in [-0.05, 0) is 35.6 Å². The van der Waals surface area contributed by atoms with E-state index >= 15 is 0 Å². The van der Waals surface area contributed by atoms with Gasteiger partial charge in [0.15, 0.2) is 0 Å². The average Bonchev–Trinajstić information content (AvgIpc) is 2.84. The molecular formula is C27H27N3O3. The second kappa shape index (κ2) is 10.0. The number of H-pyrrole nitrogens is 1. The fourth-order valence-electron chi connectivity index (χ4n) is 3.88. The molecule has 0 aliphatic rings. The van der Waals surface area contributed by atoms with E-state index in [4.69, 9.17) is 4.74 Å². The Kier molecular flexibility index (Phi) is 6.74. The molecule has 0 saturated carbocycles. The highest BCUT2D eigenvalue weighted by atomic mass is 16.5. The number of carbonyl (C=O) groups excluding carboxylic acids is 1. The van der Waals surface area contributed by atoms with E-state index < -0.39 is 0 Å². The van der Waals surface area contributed by atoms with Crippen molar-refractivity contribution in [2.24, 2.45) is 0 Å². The minimum Gasteiger partial charge on any atom is -0.496 e. The Labute approximate surface area is 192 Å². The number of aromatic nitrogens is 1. The lowest BCUT2D eigenvalue weighted by atomic mass is 10.1. The van der Waals surface area contributed by atoms with Crippen LogP contribution in [0, 0.1) is 6.92 Å². The van der Waals surface area contributed by atoms with Crippen LogP contribution in [0.15, 0.2) is 83.7 Å². The second-order valence-electron chi connectivity index (χ2n) is 7.98. The molecule has 0 spiro atoms. The lowest BCUT2D eigenvalue weighted by Crippen LogP contribution is -2.40. The number of methoxy groups -OCH3 is 1. The number of rotatable bonds is 7. The van der Waals surface area contributed by atoms with Crippen LogP contribution in [0.2, 0.25) is 0 Å². The molecule has 6 nitrogen and oxygen atoms in total. The number of pyridine rings is 1. The SMILES string of the molecule is COc1ccccc1CN(Cc1cc2cccc(C)c2[nH]c1=O)C(=O)NCc1ccccc1. The van der Waals surface area contributed by atoms with E-state index in [-0.39, 0.29) is 18.1 Å². The van der Waals surface area contributed by atoms with Crippen LogP contribution in [0.4, 0.5) is 4.79 Å². The number of fused-ring (bicyclic) bond motifs is 1. The van der Waals surface area contributed by atoms with Gasteiger partial charge in [0.1, 0.15) is 5.75 Å². The van der Waals surface area contributed by atoms with Crippen molar-refractivity contribution in [3.05, 3.63) is 111 Å². The Bertz CT molecular complexity index is 1320. The van der Waals surface area contributed by atoms with Crippen LogP contribution in [0.3, 0.4) is 0 Å². The minimum atomic E-state index is -0.256. The molecule has 4 aromatic rings. The van der Waals surface area contributed by atoms with Crippen LogP contribution >= 0.6 is 0 Å². The summed E-state index contributed by atoms with van der Waals surface area (Å²) in [5.74, 6) is 0.696. The van der Waals surface area contributed by atoms with Crippen molar-refractivity contribution in [3.63, 3.8) is 0 Å². The molecule has 168 valence electrons. The molecule has 33 heavy (non-hydrogen) atoms. The van der Waals surface area contributed by atoms with Crippen molar-refractivity contribution in [3.8, 4) is 5.75 Å². The molecular weight excluding hydrogens is 414 g/mol. The zero-order chi connectivity index (χ0) is 23.2.